The lowest BCUT2D eigenvalue weighted by atomic mass is 9.77. The molecule has 1 aliphatic heterocycles. The minimum absolute atomic E-state index is 0.222. The highest BCUT2D eigenvalue weighted by Gasteiger charge is 2.52. The van der Waals surface area contributed by atoms with Crippen molar-refractivity contribution in [3.8, 4) is 0 Å². The molecule has 1 N–H and O–H groups in total. The molecule has 1 aromatic heterocycles. The fraction of sp³-hybridized carbons (Fsp3) is 0.529. The van der Waals surface area contributed by atoms with Crippen molar-refractivity contribution in [2.75, 3.05) is 13.2 Å². The highest BCUT2D eigenvalue weighted by Crippen LogP contribution is 2.38. The second-order valence-electron chi connectivity index (χ2n) is 6.69. The summed E-state index contributed by atoms with van der Waals surface area (Å²) in [4.78, 5) is 15.8. The molecule has 0 aromatic carbocycles. The minimum Gasteiger partial charge on any atom is -0.462 e. The summed E-state index contributed by atoms with van der Waals surface area (Å²) in [5.74, 6) is -0.429. The number of nitrogens with zero attached hydrogens (tertiary/aromatic N) is 1. The molecule has 1 aromatic rings. The lowest BCUT2D eigenvalue weighted by Crippen LogP contribution is -2.41. The number of aliphatic hydroxyl groups excluding tert-OH is 1. The molecule has 2 heterocycles. The lowest BCUT2D eigenvalue weighted by Gasteiger charge is -2.32. The predicted octanol–water partition coefficient (Wildman–Crippen LogP) is 2.27. The van der Waals surface area contributed by atoms with E-state index in [0.29, 0.717) is 23.2 Å². The number of rotatable bonds is 5. The zero-order valence-electron chi connectivity index (χ0n) is 14.8. The van der Waals surface area contributed by atoms with E-state index in [0.717, 1.165) is 0 Å². The van der Waals surface area contributed by atoms with Gasteiger partial charge in [-0.2, -0.15) is 0 Å². The van der Waals surface area contributed by atoms with Crippen molar-refractivity contribution in [1.82, 2.24) is 4.98 Å². The minimum atomic E-state index is -0.647. The SMILES string of the molecule is CCOC(=O)c1cncc(C=C(CO)B2OC(C)(C)C(C)(C)O2)c1. The fourth-order valence-electron chi connectivity index (χ4n) is 2.26. The topological polar surface area (TPSA) is 77.9 Å². The van der Waals surface area contributed by atoms with Gasteiger partial charge in [0, 0.05) is 12.4 Å². The molecule has 6 nitrogen and oxygen atoms in total. The van der Waals surface area contributed by atoms with E-state index in [1.165, 1.54) is 6.20 Å². The third kappa shape index (κ3) is 3.86. The van der Waals surface area contributed by atoms with Gasteiger partial charge in [0.1, 0.15) is 0 Å². The van der Waals surface area contributed by atoms with Gasteiger partial charge in [0.2, 0.25) is 0 Å². The summed E-state index contributed by atoms with van der Waals surface area (Å²) in [6.45, 7) is 9.62. The van der Waals surface area contributed by atoms with Crippen molar-refractivity contribution in [1.29, 1.82) is 0 Å². The van der Waals surface area contributed by atoms with Gasteiger partial charge in [0.25, 0.3) is 0 Å². The van der Waals surface area contributed by atoms with Crippen LogP contribution in [0.5, 0.6) is 0 Å². The van der Waals surface area contributed by atoms with Crippen LogP contribution in [0.1, 0.15) is 50.5 Å². The van der Waals surface area contributed by atoms with Crippen LogP contribution in [0, 0.1) is 0 Å². The lowest BCUT2D eigenvalue weighted by molar-refractivity contribution is 0.00578. The van der Waals surface area contributed by atoms with Gasteiger partial charge in [0.15, 0.2) is 0 Å². The molecule has 0 spiro atoms. The van der Waals surface area contributed by atoms with Crippen molar-refractivity contribution in [3.63, 3.8) is 0 Å². The number of carbonyl (C=O) groups is 1. The van der Waals surface area contributed by atoms with E-state index in [4.69, 9.17) is 14.0 Å². The number of carbonyl (C=O) groups excluding carboxylic acids is 1. The maximum Gasteiger partial charge on any atom is 0.492 e. The van der Waals surface area contributed by atoms with Gasteiger partial charge < -0.3 is 19.2 Å². The Balaban J connectivity index is 2.26. The molecule has 1 fully saturated rings. The molecule has 24 heavy (non-hydrogen) atoms. The molecular weight excluding hydrogens is 309 g/mol. The van der Waals surface area contributed by atoms with Crippen molar-refractivity contribution in [3.05, 3.63) is 35.1 Å². The van der Waals surface area contributed by atoms with E-state index in [1.807, 2.05) is 27.7 Å². The molecule has 0 radical (unpaired) electrons. The summed E-state index contributed by atoms with van der Waals surface area (Å²) in [5.41, 5.74) is 0.612. The average molecular weight is 333 g/mol. The molecule has 2 rings (SSSR count). The Labute approximate surface area is 143 Å². The quantitative estimate of drug-likeness (QED) is 0.658. The van der Waals surface area contributed by atoms with Gasteiger partial charge in [-0.25, -0.2) is 4.79 Å². The normalized spacial score (nSPS) is 19.4. The van der Waals surface area contributed by atoms with Gasteiger partial charge in [-0.15, -0.1) is 0 Å². The van der Waals surface area contributed by atoms with E-state index < -0.39 is 24.3 Å². The molecule has 0 saturated carbocycles. The van der Waals surface area contributed by atoms with Crippen LogP contribution in [0.3, 0.4) is 0 Å². The smallest absolute Gasteiger partial charge is 0.462 e. The second kappa shape index (κ2) is 7.05. The van der Waals surface area contributed by atoms with E-state index in [-0.39, 0.29) is 6.61 Å². The number of hydrogen-bond acceptors (Lipinski definition) is 6. The Morgan fingerprint density at radius 3 is 2.46 bits per heavy atom. The van der Waals surface area contributed by atoms with E-state index in [1.54, 1.807) is 25.3 Å². The fourth-order valence-corrected chi connectivity index (χ4v) is 2.26. The Kier molecular flexibility index (Phi) is 5.47. The van der Waals surface area contributed by atoms with Gasteiger partial charge in [-0.1, -0.05) is 6.08 Å². The first kappa shape index (κ1) is 18.6. The summed E-state index contributed by atoms with van der Waals surface area (Å²) < 4.78 is 16.9. The Morgan fingerprint density at radius 2 is 1.92 bits per heavy atom. The standard InChI is InChI=1S/C17H24BNO5/c1-6-22-15(21)13-7-12(9-19-10-13)8-14(11-20)18-23-16(2,3)17(4,5)24-18/h7-10,20H,6,11H2,1-5H3. The third-order valence-corrected chi connectivity index (χ3v) is 4.36. The molecule has 0 aliphatic carbocycles. The monoisotopic (exact) mass is 333 g/mol. The van der Waals surface area contributed by atoms with Gasteiger partial charge in [-0.3, -0.25) is 4.98 Å². The molecule has 130 valence electrons. The third-order valence-electron chi connectivity index (χ3n) is 4.36. The predicted molar refractivity (Wildman–Crippen MR) is 91.3 cm³/mol. The molecular formula is C17H24BNO5. The number of hydrogen-bond donors (Lipinski definition) is 1. The zero-order valence-corrected chi connectivity index (χ0v) is 14.8. The Bertz CT molecular complexity index is 626. The van der Waals surface area contributed by atoms with Crippen molar-refractivity contribution in [2.45, 2.75) is 45.8 Å². The van der Waals surface area contributed by atoms with Gasteiger partial charge in [0.05, 0.1) is 30.0 Å². The first-order valence-electron chi connectivity index (χ1n) is 7.99. The largest absolute Gasteiger partial charge is 0.492 e. The highest BCUT2D eigenvalue weighted by atomic mass is 16.7. The average Bonchev–Trinajstić information content (AvgIpc) is 2.73. The molecule has 1 aliphatic rings. The maximum absolute atomic E-state index is 11.8. The van der Waals surface area contributed by atoms with Crippen LogP contribution in [0.4, 0.5) is 0 Å². The Hall–Kier alpha value is -1.70. The molecule has 0 bridgehead atoms. The van der Waals surface area contributed by atoms with E-state index >= 15 is 0 Å². The van der Waals surface area contributed by atoms with Crippen molar-refractivity contribution < 1.29 is 23.9 Å². The van der Waals surface area contributed by atoms with Crippen molar-refractivity contribution in [2.24, 2.45) is 0 Å². The summed E-state index contributed by atoms with van der Waals surface area (Å²) in [6, 6.07) is 1.66. The van der Waals surface area contributed by atoms with Gasteiger partial charge >= 0.3 is 13.1 Å². The number of ether oxygens (including phenoxy) is 1. The highest BCUT2D eigenvalue weighted by molar-refractivity contribution is 6.55. The molecule has 1 saturated heterocycles. The Morgan fingerprint density at radius 1 is 1.29 bits per heavy atom. The van der Waals surface area contributed by atoms with Crippen LogP contribution in [-0.4, -0.2) is 47.6 Å². The summed E-state index contributed by atoms with van der Waals surface area (Å²) in [6.07, 6.45) is 4.77. The van der Waals surface area contributed by atoms with Crippen LogP contribution in [0.15, 0.2) is 23.9 Å². The molecule has 7 heteroatoms. The van der Waals surface area contributed by atoms with Crippen LogP contribution in [0.2, 0.25) is 0 Å². The second-order valence-corrected chi connectivity index (χ2v) is 6.69. The van der Waals surface area contributed by atoms with Crippen LogP contribution in [0.25, 0.3) is 6.08 Å². The zero-order chi connectivity index (χ0) is 18.0. The molecule has 0 atom stereocenters. The van der Waals surface area contributed by atoms with E-state index in [9.17, 15) is 9.90 Å². The first-order chi connectivity index (χ1) is 11.2. The number of aromatic nitrogens is 1. The van der Waals surface area contributed by atoms with Gasteiger partial charge in [-0.05, 0) is 51.7 Å². The summed E-state index contributed by atoms with van der Waals surface area (Å²) in [5, 5.41) is 9.71. The maximum atomic E-state index is 11.8. The van der Waals surface area contributed by atoms with Crippen LogP contribution >= 0.6 is 0 Å². The first-order valence-corrected chi connectivity index (χ1v) is 7.99. The summed E-state index contributed by atoms with van der Waals surface area (Å²) >= 11 is 0. The van der Waals surface area contributed by atoms with Crippen LogP contribution < -0.4 is 0 Å². The molecule has 0 unspecified atom stereocenters. The van der Waals surface area contributed by atoms with E-state index in [2.05, 4.69) is 4.98 Å². The molecule has 0 amide bonds. The number of esters is 1. The summed E-state index contributed by atoms with van der Waals surface area (Å²) in [7, 11) is -0.647. The van der Waals surface area contributed by atoms with Crippen LogP contribution in [-0.2, 0) is 14.0 Å². The number of pyridine rings is 1. The number of aliphatic hydroxyl groups is 1. The van der Waals surface area contributed by atoms with Crippen molar-refractivity contribution >= 4 is 19.2 Å².